The summed E-state index contributed by atoms with van der Waals surface area (Å²) in [4.78, 5) is 29.0. The third kappa shape index (κ3) is 2.32. The van der Waals surface area contributed by atoms with E-state index in [1.54, 1.807) is 9.80 Å². The highest BCUT2D eigenvalue weighted by Gasteiger charge is 2.74. The zero-order valence-electron chi connectivity index (χ0n) is 15.2. The van der Waals surface area contributed by atoms with E-state index in [-0.39, 0.29) is 24.7 Å². The summed E-state index contributed by atoms with van der Waals surface area (Å²) in [6.07, 6.45) is 7.39. The van der Waals surface area contributed by atoms with Crippen molar-refractivity contribution >= 4 is 53.1 Å². The van der Waals surface area contributed by atoms with Crippen LogP contribution in [0.15, 0.2) is 48.3 Å². The number of rotatable bonds is 0. The van der Waals surface area contributed by atoms with Gasteiger partial charge in [-0.05, 0) is 64.5 Å². The maximum Gasteiger partial charge on any atom is 0.262 e. The van der Waals surface area contributed by atoms with Gasteiger partial charge in [0.15, 0.2) is 9.74 Å². The lowest BCUT2D eigenvalue weighted by Gasteiger charge is -2.54. The second-order valence-corrected chi connectivity index (χ2v) is 14.0. The minimum Gasteiger partial charge on any atom is -0.473 e. The van der Waals surface area contributed by atoms with Gasteiger partial charge in [0.05, 0.1) is 49.3 Å². The molecule has 0 aliphatic carbocycles. The zero-order chi connectivity index (χ0) is 20.7. The highest BCUT2D eigenvalue weighted by molar-refractivity contribution is 9.26. The molecule has 8 nitrogen and oxygen atoms in total. The van der Waals surface area contributed by atoms with Gasteiger partial charge in [0.1, 0.15) is 0 Å². The van der Waals surface area contributed by atoms with E-state index in [1.807, 2.05) is 0 Å². The number of piperazine rings is 1. The molecule has 7 aliphatic heterocycles. The van der Waals surface area contributed by atoms with E-state index in [2.05, 4.69) is 0 Å². The zero-order valence-corrected chi connectivity index (χ0v) is 18.5. The molecule has 0 radical (unpaired) electrons. The van der Waals surface area contributed by atoms with Crippen LogP contribution < -0.4 is 0 Å². The molecule has 2 amide bonds. The summed E-state index contributed by atoms with van der Waals surface area (Å²) in [5.74, 6) is -0.472. The van der Waals surface area contributed by atoms with E-state index >= 15 is 0 Å². The van der Waals surface area contributed by atoms with Gasteiger partial charge in [-0.2, -0.15) is 0 Å². The first-order valence-electron chi connectivity index (χ1n) is 9.26. The van der Waals surface area contributed by atoms with Gasteiger partial charge in [-0.25, -0.2) is 0 Å². The van der Waals surface area contributed by atoms with E-state index in [0.717, 1.165) is 0 Å². The van der Waals surface area contributed by atoms with Crippen LogP contribution >= 0.6 is 41.2 Å². The molecular formula is C18H16N2O6S4. The smallest absolute Gasteiger partial charge is 0.262 e. The van der Waals surface area contributed by atoms with Gasteiger partial charge < -0.3 is 29.5 Å². The van der Waals surface area contributed by atoms with Gasteiger partial charge in [0.2, 0.25) is 0 Å². The van der Waals surface area contributed by atoms with Gasteiger partial charge in [0, 0.05) is 12.8 Å². The molecule has 7 aliphatic rings. The standard InChI is InChI=1S/C18H16N2O6S4/c21-11-1-3-25-7-9-5-17-16(24)20-14-10(8-26-4-2-12(14)22)6-18(20,28-30-29-27-17)15(23)19(17)13(9)11/h1-4,7-8,11-14,21-22H,5-6H2/t11?,12?,13?,14?,17-,18-/m1/s1. The van der Waals surface area contributed by atoms with Crippen LogP contribution in [0.3, 0.4) is 0 Å². The number of aliphatic hydroxyl groups is 2. The van der Waals surface area contributed by atoms with Crippen molar-refractivity contribution in [2.75, 3.05) is 0 Å². The molecule has 5 fully saturated rings. The first-order chi connectivity index (χ1) is 14.5. The third-order valence-electron chi connectivity index (χ3n) is 6.25. The van der Waals surface area contributed by atoms with Gasteiger partial charge in [-0.15, -0.1) is 0 Å². The van der Waals surface area contributed by atoms with Crippen LogP contribution in [-0.2, 0) is 19.1 Å². The predicted molar refractivity (Wildman–Crippen MR) is 115 cm³/mol. The minimum atomic E-state index is -1.21. The van der Waals surface area contributed by atoms with Crippen molar-refractivity contribution in [1.29, 1.82) is 0 Å². The van der Waals surface area contributed by atoms with Gasteiger partial charge >= 0.3 is 0 Å². The second-order valence-electron chi connectivity index (χ2n) is 7.76. The topological polar surface area (TPSA) is 99.5 Å². The number of nitrogens with zero attached hydrogens (tertiary/aromatic N) is 2. The Balaban J connectivity index is 1.56. The van der Waals surface area contributed by atoms with Crippen LogP contribution in [0.4, 0.5) is 0 Å². The maximum atomic E-state index is 14.1. The highest BCUT2D eigenvalue weighted by atomic mass is 33.7. The average Bonchev–Trinajstić information content (AvgIpc) is 3.10. The molecule has 0 saturated carbocycles. The van der Waals surface area contributed by atoms with Crippen LogP contribution in [0.25, 0.3) is 0 Å². The van der Waals surface area contributed by atoms with E-state index < -0.39 is 34.0 Å². The summed E-state index contributed by atoms with van der Waals surface area (Å²) in [6, 6.07) is -1.34. The summed E-state index contributed by atoms with van der Waals surface area (Å²) >= 11 is 0. The Hall–Kier alpha value is -1.18. The number of amides is 2. The summed E-state index contributed by atoms with van der Waals surface area (Å²) in [7, 11) is 5.56. The molecule has 4 unspecified atom stereocenters. The van der Waals surface area contributed by atoms with Gasteiger partial charge in [-0.1, -0.05) is 0 Å². The number of aliphatic hydroxyl groups excluding tert-OH is 2. The Morgan fingerprint density at radius 1 is 0.833 bits per heavy atom. The van der Waals surface area contributed by atoms with Crippen molar-refractivity contribution < 1.29 is 29.3 Å². The molecule has 7 heterocycles. The molecule has 0 aromatic carbocycles. The number of ether oxygens (including phenoxy) is 2. The van der Waals surface area contributed by atoms with Crippen molar-refractivity contribution in [1.82, 2.24) is 9.80 Å². The summed E-state index contributed by atoms with van der Waals surface area (Å²) in [5, 5.41) is 21.6. The van der Waals surface area contributed by atoms with Crippen molar-refractivity contribution in [2.45, 2.75) is 46.9 Å². The quantitative estimate of drug-likeness (QED) is 0.496. The first kappa shape index (κ1) is 19.5. The predicted octanol–water partition coefficient (Wildman–Crippen LogP) is 1.86. The molecule has 7 rings (SSSR count). The number of hydrogen-bond acceptors (Lipinski definition) is 10. The van der Waals surface area contributed by atoms with E-state index in [9.17, 15) is 19.8 Å². The Morgan fingerprint density at radius 3 is 1.70 bits per heavy atom. The molecule has 0 aromatic heterocycles. The number of fused-ring (bicyclic) bond motifs is 5. The Morgan fingerprint density at radius 2 is 1.27 bits per heavy atom. The van der Waals surface area contributed by atoms with Gasteiger partial charge in [0.25, 0.3) is 11.8 Å². The molecule has 0 aromatic rings. The largest absolute Gasteiger partial charge is 0.473 e. The fraction of sp³-hybridized carbons (Fsp3) is 0.444. The molecule has 30 heavy (non-hydrogen) atoms. The molecule has 158 valence electrons. The molecule has 12 heteroatoms. The SMILES string of the molecule is O=C1N2C3C(=COC=CC3O)C[C@]23SSSS[C@]12CC1=COC=CC(O)C1N2C3=O. The number of hydrogen-bond donors (Lipinski definition) is 2. The molecule has 6 atom stereocenters. The fourth-order valence-electron chi connectivity index (χ4n) is 5.06. The molecule has 2 spiro atoms. The van der Waals surface area contributed by atoms with E-state index in [1.165, 1.54) is 78.4 Å². The average molecular weight is 485 g/mol. The molecule has 5 saturated heterocycles. The lowest BCUT2D eigenvalue weighted by molar-refractivity contribution is -0.167. The molecular weight excluding hydrogens is 468 g/mol. The lowest BCUT2D eigenvalue weighted by atomic mass is 10.0. The van der Waals surface area contributed by atoms with Crippen LogP contribution in [0, 0.1) is 0 Å². The Kier molecular flexibility index (Phi) is 4.33. The Labute approximate surface area is 187 Å². The highest BCUT2D eigenvalue weighted by Crippen LogP contribution is 2.68. The lowest BCUT2D eigenvalue weighted by Crippen LogP contribution is -2.74. The van der Waals surface area contributed by atoms with Crippen molar-refractivity contribution in [2.24, 2.45) is 0 Å². The van der Waals surface area contributed by atoms with Gasteiger partial charge in [-0.3, -0.25) is 9.59 Å². The molecule has 2 bridgehead atoms. The van der Waals surface area contributed by atoms with E-state index in [4.69, 9.17) is 9.47 Å². The first-order valence-corrected chi connectivity index (χ1v) is 14.1. The van der Waals surface area contributed by atoms with E-state index in [0.29, 0.717) is 11.1 Å². The van der Waals surface area contributed by atoms with Crippen LogP contribution in [0.1, 0.15) is 12.8 Å². The third-order valence-corrected chi connectivity index (χ3v) is 13.5. The normalized spacial score (nSPS) is 43.8. The van der Waals surface area contributed by atoms with Crippen LogP contribution in [0.5, 0.6) is 0 Å². The number of carbonyl (C=O) groups is 2. The summed E-state index contributed by atoms with van der Waals surface area (Å²) in [5.41, 5.74) is 1.41. The fourth-order valence-corrected chi connectivity index (χ4v) is 12.8. The van der Waals surface area contributed by atoms with Crippen molar-refractivity contribution in [3.63, 3.8) is 0 Å². The Bertz CT molecular complexity index is 892. The number of carbonyl (C=O) groups excluding carboxylic acids is 2. The summed E-state index contributed by atoms with van der Waals surface area (Å²) in [6.45, 7) is 0. The monoisotopic (exact) mass is 484 g/mol. The van der Waals surface area contributed by atoms with Crippen molar-refractivity contribution in [3.05, 3.63) is 48.3 Å². The maximum absolute atomic E-state index is 14.1. The minimum absolute atomic E-state index is 0.236. The van der Waals surface area contributed by atoms with Crippen molar-refractivity contribution in [3.8, 4) is 0 Å². The molecule has 2 N–H and O–H groups in total. The van der Waals surface area contributed by atoms with Crippen LogP contribution in [0.2, 0.25) is 0 Å². The second kappa shape index (κ2) is 6.66. The summed E-state index contributed by atoms with van der Waals surface area (Å²) < 4.78 is 10.7. The van der Waals surface area contributed by atoms with Crippen LogP contribution in [-0.4, -0.2) is 65.9 Å².